The van der Waals surface area contributed by atoms with Crippen LogP contribution in [0.15, 0.2) is 30.8 Å². The van der Waals surface area contributed by atoms with Crippen molar-refractivity contribution < 1.29 is 0 Å². The van der Waals surface area contributed by atoms with Crippen LogP contribution in [0.4, 0.5) is 11.4 Å². The Balaban J connectivity index is 2.95. The second-order valence-electron chi connectivity index (χ2n) is 3.34. The van der Waals surface area contributed by atoms with Crippen molar-refractivity contribution in [2.24, 2.45) is 0 Å². The third-order valence-electron chi connectivity index (χ3n) is 2.45. The number of nitrogen functional groups attached to an aromatic ring is 2. The molecule has 0 aliphatic rings. The van der Waals surface area contributed by atoms with Gasteiger partial charge >= 0.3 is 0 Å². The lowest BCUT2D eigenvalue weighted by molar-refractivity contribution is 1.64. The van der Waals surface area contributed by atoms with Gasteiger partial charge < -0.3 is 11.5 Å². The van der Waals surface area contributed by atoms with E-state index in [-0.39, 0.29) is 0 Å². The quantitative estimate of drug-likeness (QED) is 0.627. The SMILES string of the molecule is C=Cc1ccc2ccc(N)c(N)c2c1I. The summed E-state index contributed by atoms with van der Waals surface area (Å²) in [4.78, 5) is 0. The predicted molar refractivity (Wildman–Crippen MR) is 75.6 cm³/mol. The highest BCUT2D eigenvalue weighted by atomic mass is 127. The second-order valence-corrected chi connectivity index (χ2v) is 4.42. The minimum Gasteiger partial charge on any atom is -0.397 e. The molecule has 2 rings (SSSR count). The van der Waals surface area contributed by atoms with E-state index < -0.39 is 0 Å². The lowest BCUT2D eigenvalue weighted by Gasteiger charge is -2.09. The third kappa shape index (κ3) is 1.56. The zero-order chi connectivity index (χ0) is 11.0. The molecule has 0 fully saturated rings. The van der Waals surface area contributed by atoms with E-state index in [9.17, 15) is 0 Å². The maximum Gasteiger partial charge on any atom is 0.0638 e. The summed E-state index contributed by atoms with van der Waals surface area (Å²) in [6, 6.07) is 7.88. The van der Waals surface area contributed by atoms with Gasteiger partial charge in [-0.05, 0) is 39.6 Å². The van der Waals surface area contributed by atoms with Crippen LogP contribution in [0, 0.1) is 3.57 Å². The van der Waals surface area contributed by atoms with Crippen LogP contribution in [-0.2, 0) is 0 Å². The molecular formula is C12H11IN2. The highest BCUT2D eigenvalue weighted by Gasteiger charge is 2.07. The topological polar surface area (TPSA) is 52.0 Å². The van der Waals surface area contributed by atoms with Gasteiger partial charge in [-0.2, -0.15) is 0 Å². The molecule has 0 amide bonds. The fraction of sp³-hybridized carbons (Fsp3) is 0. The molecular weight excluding hydrogens is 299 g/mol. The Kier molecular flexibility index (Phi) is 2.56. The number of rotatable bonds is 1. The normalized spacial score (nSPS) is 10.5. The van der Waals surface area contributed by atoms with E-state index in [4.69, 9.17) is 11.5 Å². The molecule has 0 unspecified atom stereocenters. The minimum atomic E-state index is 0.627. The minimum absolute atomic E-state index is 0.627. The van der Waals surface area contributed by atoms with Gasteiger partial charge in [-0.3, -0.25) is 0 Å². The summed E-state index contributed by atoms with van der Waals surface area (Å²) in [5, 5.41) is 2.13. The molecule has 4 N–H and O–H groups in total. The average molecular weight is 310 g/mol. The average Bonchev–Trinajstić information content (AvgIpc) is 2.24. The summed E-state index contributed by atoms with van der Waals surface area (Å²) in [5.74, 6) is 0. The molecule has 2 aromatic rings. The van der Waals surface area contributed by atoms with Crippen LogP contribution in [-0.4, -0.2) is 0 Å². The molecule has 2 nitrogen and oxygen atoms in total. The van der Waals surface area contributed by atoms with E-state index >= 15 is 0 Å². The molecule has 15 heavy (non-hydrogen) atoms. The molecule has 0 heterocycles. The smallest absolute Gasteiger partial charge is 0.0638 e. The van der Waals surface area contributed by atoms with Crippen molar-refractivity contribution in [3.8, 4) is 0 Å². The van der Waals surface area contributed by atoms with Crippen molar-refractivity contribution in [2.45, 2.75) is 0 Å². The van der Waals surface area contributed by atoms with Gasteiger partial charge in [0.2, 0.25) is 0 Å². The van der Waals surface area contributed by atoms with Crippen LogP contribution in [0.1, 0.15) is 5.56 Å². The van der Waals surface area contributed by atoms with Gasteiger partial charge in [-0.25, -0.2) is 0 Å². The summed E-state index contributed by atoms with van der Waals surface area (Å²) in [6.07, 6.45) is 1.82. The molecule has 0 radical (unpaired) electrons. The van der Waals surface area contributed by atoms with E-state index in [0.717, 1.165) is 19.9 Å². The molecule has 2 aromatic carbocycles. The summed E-state index contributed by atoms with van der Waals surface area (Å²) >= 11 is 2.27. The fourth-order valence-electron chi connectivity index (χ4n) is 1.59. The number of nitrogens with two attached hydrogens (primary N) is 2. The maximum absolute atomic E-state index is 5.98. The molecule has 0 aliphatic heterocycles. The summed E-state index contributed by atoms with van der Waals surface area (Å²) in [5.41, 5.74) is 14.1. The van der Waals surface area contributed by atoms with Crippen LogP contribution in [0.25, 0.3) is 16.8 Å². The molecule has 0 bridgehead atoms. The lowest BCUT2D eigenvalue weighted by Crippen LogP contribution is -1.97. The second kappa shape index (κ2) is 3.73. The van der Waals surface area contributed by atoms with Crippen LogP contribution < -0.4 is 11.5 Å². The first-order chi connectivity index (χ1) is 7.15. The third-order valence-corrected chi connectivity index (χ3v) is 3.61. The van der Waals surface area contributed by atoms with Crippen molar-refractivity contribution in [3.05, 3.63) is 40.0 Å². The van der Waals surface area contributed by atoms with Crippen molar-refractivity contribution in [3.63, 3.8) is 0 Å². The summed E-state index contributed by atoms with van der Waals surface area (Å²) in [6.45, 7) is 3.77. The molecule has 0 saturated heterocycles. The standard InChI is InChI=1S/C12H11IN2/c1-2-7-3-4-8-5-6-9(14)12(15)10(8)11(7)13/h2-6H,1,14-15H2. The Morgan fingerprint density at radius 2 is 1.80 bits per heavy atom. The Hall–Kier alpha value is -1.23. The van der Waals surface area contributed by atoms with Gasteiger partial charge in [0.05, 0.1) is 11.4 Å². The predicted octanol–water partition coefficient (Wildman–Crippen LogP) is 3.25. The van der Waals surface area contributed by atoms with Gasteiger partial charge in [0.15, 0.2) is 0 Å². The highest BCUT2D eigenvalue weighted by molar-refractivity contribution is 14.1. The number of benzene rings is 2. The molecule has 76 valence electrons. The Morgan fingerprint density at radius 1 is 1.13 bits per heavy atom. The first-order valence-corrected chi connectivity index (χ1v) is 5.61. The first kappa shape index (κ1) is 10.3. The van der Waals surface area contributed by atoms with Crippen LogP contribution in [0.5, 0.6) is 0 Å². The number of hydrogen-bond donors (Lipinski definition) is 2. The van der Waals surface area contributed by atoms with Gasteiger partial charge in [0, 0.05) is 8.96 Å². The van der Waals surface area contributed by atoms with Crippen molar-refractivity contribution >= 4 is 50.8 Å². The van der Waals surface area contributed by atoms with Crippen molar-refractivity contribution in [1.82, 2.24) is 0 Å². The number of hydrogen-bond acceptors (Lipinski definition) is 2. The van der Waals surface area contributed by atoms with Crippen molar-refractivity contribution in [2.75, 3.05) is 11.5 Å². The lowest BCUT2D eigenvalue weighted by atomic mass is 10.0. The first-order valence-electron chi connectivity index (χ1n) is 4.53. The van der Waals surface area contributed by atoms with Crippen LogP contribution in [0.2, 0.25) is 0 Å². The molecule has 0 atom stereocenters. The number of anilines is 2. The van der Waals surface area contributed by atoms with Gasteiger partial charge in [-0.15, -0.1) is 0 Å². The monoisotopic (exact) mass is 310 g/mol. The largest absolute Gasteiger partial charge is 0.397 e. The number of halogens is 1. The maximum atomic E-state index is 5.98. The highest BCUT2D eigenvalue weighted by Crippen LogP contribution is 2.32. The van der Waals surface area contributed by atoms with Gasteiger partial charge in [0.1, 0.15) is 0 Å². The van der Waals surface area contributed by atoms with E-state index in [0.29, 0.717) is 11.4 Å². The molecule has 3 heteroatoms. The zero-order valence-electron chi connectivity index (χ0n) is 8.13. The zero-order valence-corrected chi connectivity index (χ0v) is 10.3. The fourth-order valence-corrected chi connectivity index (χ4v) is 2.59. The Labute approximate surface area is 102 Å². The van der Waals surface area contributed by atoms with E-state index in [1.54, 1.807) is 0 Å². The van der Waals surface area contributed by atoms with Gasteiger partial charge in [0.25, 0.3) is 0 Å². The Morgan fingerprint density at radius 3 is 2.47 bits per heavy atom. The van der Waals surface area contributed by atoms with Crippen molar-refractivity contribution in [1.29, 1.82) is 0 Å². The molecule has 0 spiro atoms. The van der Waals surface area contributed by atoms with E-state index in [2.05, 4.69) is 29.2 Å². The summed E-state index contributed by atoms with van der Waals surface area (Å²) in [7, 11) is 0. The van der Waals surface area contributed by atoms with Crippen LogP contribution >= 0.6 is 22.6 Å². The van der Waals surface area contributed by atoms with Gasteiger partial charge in [-0.1, -0.05) is 30.9 Å². The van der Waals surface area contributed by atoms with E-state index in [1.807, 2.05) is 30.3 Å². The molecule has 0 aromatic heterocycles. The van der Waals surface area contributed by atoms with E-state index in [1.165, 1.54) is 0 Å². The Bertz CT molecular complexity index is 547. The van der Waals surface area contributed by atoms with Crippen LogP contribution in [0.3, 0.4) is 0 Å². The molecule has 0 aliphatic carbocycles. The number of fused-ring (bicyclic) bond motifs is 1. The summed E-state index contributed by atoms with van der Waals surface area (Å²) < 4.78 is 1.10. The molecule has 0 saturated carbocycles.